The van der Waals surface area contributed by atoms with Crippen LogP contribution in [0.3, 0.4) is 0 Å². The molecule has 4 rings (SSSR count). The summed E-state index contributed by atoms with van der Waals surface area (Å²) in [5, 5.41) is 6.91. The zero-order valence-electron chi connectivity index (χ0n) is 17.8. The fourth-order valence-electron chi connectivity index (χ4n) is 3.95. The average Bonchev–Trinajstić information content (AvgIpc) is 3.28. The van der Waals surface area contributed by atoms with Gasteiger partial charge in [0.15, 0.2) is 5.96 Å². The molecule has 2 aromatic rings. The second kappa shape index (κ2) is 9.85. The van der Waals surface area contributed by atoms with Crippen LogP contribution in [0.15, 0.2) is 47.5 Å². The lowest BCUT2D eigenvalue weighted by molar-refractivity contribution is 0.140. The maximum atomic E-state index is 6.21. The SMILES string of the molecule is CN=C(NCc1ccc(C)cc1OC1CCOC1)NCC1CCOc2ccccc21. The predicted molar refractivity (Wildman–Crippen MR) is 119 cm³/mol. The first-order chi connectivity index (χ1) is 14.7. The van der Waals surface area contributed by atoms with E-state index in [9.17, 15) is 0 Å². The monoisotopic (exact) mass is 409 g/mol. The molecule has 2 heterocycles. The summed E-state index contributed by atoms with van der Waals surface area (Å²) in [6, 6.07) is 14.6. The lowest BCUT2D eigenvalue weighted by atomic mass is 9.93. The maximum Gasteiger partial charge on any atom is 0.191 e. The number of guanidine groups is 1. The highest BCUT2D eigenvalue weighted by atomic mass is 16.5. The summed E-state index contributed by atoms with van der Waals surface area (Å²) in [5.74, 6) is 3.12. The van der Waals surface area contributed by atoms with E-state index in [4.69, 9.17) is 14.2 Å². The highest BCUT2D eigenvalue weighted by Gasteiger charge is 2.21. The van der Waals surface area contributed by atoms with Gasteiger partial charge < -0.3 is 24.8 Å². The van der Waals surface area contributed by atoms with E-state index in [2.05, 4.69) is 52.9 Å². The minimum Gasteiger partial charge on any atom is -0.493 e. The number of aliphatic imine (C=N–C) groups is 1. The summed E-state index contributed by atoms with van der Waals surface area (Å²) in [7, 11) is 1.80. The van der Waals surface area contributed by atoms with Crippen LogP contribution in [0.1, 0.15) is 35.4 Å². The number of fused-ring (bicyclic) bond motifs is 1. The molecule has 0 radical (unpaired) electrons. The quantitative estimate of drug-likeness (QED) is 0.566. The van der Waals surface area contributed by atoms with Crippen LogP contribution < -0.4 is 20.1 Å². The number of para-hydroxylation sites is 1. The van der Waals surface area contributed by atoms with Crippen molar-refractivity contribution in [3.63, 3.8) is 0 Å². The van der Waals surface area contributed by atoms with Gasteiger partial charge in [-0.15, -0.1) is 0 Å². The zero-order valence-corrected chi connectivity index (χ0v) is 17.8. The van der Waals surface area contributed by atoms with Crippen molar-refractivity contribution in [2.24, 2.45) is 4.99 Å². The Balaban J connectivity index is 1.35. The van der Waals surface area contributed by atoms with E-state index >= 15 is 0 Å². The van der Waals surface area contributed by atoms with Crippen molar-refractivity contribution in [2.45, 2.75) is 38.3 Å². The zero-order chi connectivity index (χ0) is 20.8. The van der Waals surface area contributed by atoms with Gasteiger partial charge in [-0.25, -0.2) is 0 Å². The van der Waals surface area contributed by atoms with Crippen LogP contribution in [0.5, 0.6) is 11.5 Å². The van der Waals surface area contributed by atoms with Crippen molar-refractivity contribution >= 4 is 5.96 Å². The van der Waals surface area contributed by atoms with E-state index in [0.717, 1.165) is 55.6 Å². The molecule has 6 nitrogen and oxygen atoms in total. The third-order valence-electron chi connectivity index (χ3n) is 5.67. The molecule has 6 heteroatoms. The van der Waals surface area contributed by atoms with Crippen LogP contribution in [-0.4, -0.2) is 45.5 Å². The number of ether oxygens (including phenoxy) is 3. The maximum absolute atomic E-state index is 6.21. The Morgan fingerprint density at radius 1 is 1.13 bits per heavy atom. The second-order valence-electron chi connectivity index (χ2n) is 7.89. The van der Waals surface area contributed by atoms with Gasteiger partial charge in [0.2, 0.25) is 0 Å². The second-order valence-corrected chi connectivity index (χ2v) is 7.89. The standard InChI is InChI=1S/C24H31N3O3/c1-17-7-8-19(23(13-17)30-20-10-11-28-16-20)15-27-24(25-2)26-14-18-9-12-29-22-6-4-3-5-21(18)22/h3-8,13,18,20H,9-12,14-16H2,1-2H3,(H2,25,26,27). The highest BCUT2D eigenvalue weighted by Crippen LogP contribution is 2.32. The van der Waals surface area contributed by atoms with Gasteiger partial charge in [0.05, 0.1) is 19.8 Å². The smallest absolute Gasteiger partial charge is 0.191 e. The van der Waals surface area contributed by atoms with Crippen LogP contribution in [0.4, 0.5) is 0 Å². The molecule has 0 aromatic heterocycles. The number of aryl methyl sites for hydroxylation is 1. The van der Waals surface area contributed by atoms with Crippen molar-refractivity contribution in [2.75, 3.05) is 33.4 Å². The highest BCUT2D eigenvalue weighted by molar-refractivity contribution is 5.79. The van der Waals surface area contributed by atoms with Crippen molar-refractivity contribution < 1.29 is 14.2 Å². The Morgan fingerprint density at radius 2 is 2.03 bits per heavy atom. The molecular weight excluding hydrogens is 378 g/mol. The van der Waals surface area contributed by atoms with Gasteiger partial charge in [0.25, 0.3) is 0 Å². The Morgan fingerprint density at radius 3 is 2.87 bits per heavy atom. The number of nitrogens with zero attached hydrogens (tertiary/aromatic N) is 1. The summed E-state index contributed by atoms with van der Waals surface area (Å²) in [4.78, 5) is 4.40. The molecule has 2 atom stereocenters. The van der Waals surface area contributed by atoms with Crippen molar-refractivity contribution in [3.8, 4) is 11.5 Å². The molecule has 0 spiro atoms. The minimum absolute atomic E-state index is 0.136. The summed E-state index contributed by atoms with van der Waals surface area (Å²) < 4.78 is 17.4. The lowest BCUT2D eigenvalue weighted by Gasteiger charge is -2.26. The number of hydrogen-bond donors (Lipinski definition) is 2. The summed E-state index contributed by atoms with van der Waals surface area (Å²) >= 11 is 0. The molecule has 0 bridgehead atoms. The third kappa shape index (κ3) is 5.05. The van der Waals surface area contributed by atoms with Crippen molar-refractivity contribution in [1.82, 2.24) is 10.6 Å². The first-order valence-corrected chi connectivity index (χ1v) is 10.7. The molecule has 0 amide bonds. The molecular formula is C24H31N3O3. The van der Waals surface area contributed by atoms with Crippen LogP contribution >= 0.6 is 0 Å². The van der Waals surface area contributed by atoms with Gasteiger partial charge in [-0.3, -0.25) is 4.99 Å². The van der Waals surface area contributed by atoms with Crippen molar-refractivity contribution in [1.29, 1.82) is 0 Å². The molecule has 1 fully saturated rings. The summed E-state index contributed by atoms with van der Waals surface area (Å²) in [6.45, 7) is 5.74. The molecule has 0 saturated carbocycles. The molecule has 2 aliphatic rings. The normalized spacial score (nSPS) is 20.9. The van der Waals surface area contributed by atoms with Gasteiger partial charge >= 0.3 is 0 Å². The Kier molecular flexibility index (Phi) is 6.74. The van der Waals surface area contributed by atoms with Gasteiger partial charge in [-0.2, -0.15) is 0 Å². The lowest BCUT2D eigenvalue weighted by Crippen LogP contribution is -2.39. The Hall–Kier alpha value is -2.73. The van der Waals surface area contributed by atoms with Gasteiger partial charge in [-0.05, 0) is 36.6 Å². The molecule has 30 heavy (non-hydrogen) atoms. The van der Waals surface area contributed by atoms with Crippen molar-refractivity contribution in [3.05, 3.63) is 59.2 Å². The molecule has 2 N–H and O–H groups in total. The summed E-state index contributed by atoms with van der Waals surface area (Å²) in [5.41, 5.74) is 3.57. The molecule has 2 aliphatic heterocycles. The fourth-order valence-corrected chi connectivity index (χ4v) is 3.95. The molecule has 2 aromatic carbocycles. The van der Waals surface area contributed by atoms with Gasteiger partial charge in [-0.1, -0.05) is 30.3 Å². The molecule has 0 aliphatic carbocycles. The van der Waals surface area contributed by atoms with E-state index in [1.807, 2.05) is 12.1 Å². The van der Waals surface area contributed by atoms with E-state index in [-0.39, 0.29) is 6.10 Å². The number of rotatable bonds is 6. The Bertz CT molecular complexity index is 878. The van der Waals surface area contributed by atoms with Crippen LogP contribution in [0, 0.1) is 6.92 Å². The van der Waals surface area contributed by atoms with E-state index in [0.29, 0.717) is 19.1 Å². The minimum atomic E-state index is 0.136. The number of benzene rings is 2. The van der Waals surface area contributed by atoms with E-state index in [1.54, 1.807) is 7.05 Å². The molecule has 1 saturated heterocycles. The molecule has 2 unspecified atom stereocenters. The Labute approximate surface area is 178 Å². The first kappa shape index (κ1) is 20.5. The van der Waals surface area contributed by atoms with Gasteiger partial charge in [0, 0.05) is 38.0 Å². The predicted octanol–water partition coefficient (Wildman–Crippen LogP) is 3.39. The average molecular weight is 410 g/mol. The topological polar surface area (TPSA) is 64.1 Å². The fraction of sp³-hybridized carbons (Fsp3) is 0.458. The van der Waals surface area contributed by atoms with Crippen LogP contribution in [-0.2, 0) is 11.3 Å². The first-order valence-electron chi connectivity index (χ1n) is 10.7. The van der Waals surface area contributed by atoms with Gasteiger partial charge in [0.1, 0.15) is 17.6 Å². The van der Waals surface area contributed by atoms with E-state index < -0.39 is 0 Å². The van der Waals surface area contributed by atoms with Crippen LogP contribution in [0.25, 0.3) is 0 Å². The van der Waals surface area contributed by atoms with Crippen LogP contribution in [0.2, 0.25) is 0 Å². The number of hydrogen-bond acceptors (Lipinski definition) is 4. The van der Waals surface area contributed by atoms with E-state index in [1.165, 1.54) is 11.1 Å². The number of nitrogens with one attached hydrogen (secondary N) is 2. The largest absolute Gasteiger partial charge is 0.493 e. The summed E-state index contributed by atoms with van der Waals surface area (Å²) in [6.07, 6.45) is 2.08. The third-order valence-corrected chi connectivity index (χ3v) is 5.67. The molecule has 160 valence electrons.